The number of para-hydroxylation sites is 1. The van der Waals surface area contributed by atoms with Crippen molar-refractivity contribution in [2.45, 2.75) is 20.0 Å². The second kappa shape index (κ2) is 7.42. The van der Waals surface area contributed by atoms with Gasteiger partial charge in [0.15, 0.2) is 0 Å². The first-order chi connectivity index (χ1) is 13.6. The van der Waals surface area contributed by atoms with E-state index in [2.05, 4.69) is 10.3 Å². The van der Waals surface area contributed by atoms with Crippen LogP contribution in [0.15, 0.2) is 48.7 Å². The predicted octanol–water partition coefficient (Wildman–Crippen LogP) is 4.46. The number of rotatable bonds is 4. The number of aromatic nitrogens is 2. The summed E-state index contributed by atoms with van der Waals surface area (Å²) in [4.78, 5) is 27.8. The smallest absolute Gasteiger partial charge is 0.418 e. The molecule has 0 aliphatic rings. The van der Waals surface area contributed by atoms with E-state index >= 15 is 0 Å². The fraction of sp³-hybridized carbons (Fsp3) is 0.150. The van der Waals surface area contributed by atoms with Gasteiger partial charge < -0.3 is 15.0 Å². The fourth-order valence-electron chi connectivity index (χ4n) is 3.12. The van der Waals surface area contributed by atoms with Gasteiger partial charge in [0.1, 0.15) is 11.4 Å². The molecule has 0 aliphatic heterocycles. The molecule has 3 aromatic rings. The Morgan fingerprint density at radius 3 is 2.41 bits per heavy atom. The van der Waals surface area contributed by atoms with Crippen molar-refractivity contribution >= 4 is 17.7 Å². The van der Waals surface area contributed by atoms with E-state index in [1.54, 1.807) is 6.92 Å². The molecule has 0 aliphatic carbocycles. The van der Waals surface area contributed by atoms with E-state index in [-0.39, 0.29) is 28.3 Å². The van der Waals surface area contributed by atoms with Gasteiger partial charge in [0, 0.05) is 17.6 Å². The first-order valence-electron chi connectivity index (χ1n) is 8.46. The highest BCUT2D eigenvalue weighted by Gasteiger charge is 2.34. The number of carbonyl (C=O) groups excluding carboxylic acids is 1. The number of benzene rings is 1. The number of hydrogen-bond acceptors (Lipinski definition) is 3. The Hall–Kier alpha value is -3.62. The summed E-state index contributed by atoms with van der Waals surface area (Å²) in [5, 5.41) is 11.6. The number of carboxylic acid groups (broad SMARTS) is 1. The molecule has 29 heavy (non-hydrogen) atoms. The lowest BCUT2D eigenvalue weighted by Crippen LogP contribution is -2.17. The average molecular weight is 403 g/mol. The van der Waals surface area contributed by atoms with Crippen LogP contribution in [0, 0.1) is 13.8 Å². The van der Waals surface area contributed by atoms with Crippen molar-refractivity contribution in [3.63, 3.8) is 0 Å². The molecule has 9 heteroatoms. The van der Waals surface area contributed by atoms with Crippen LogP contribution in [0.2, 0.25) is 0 Å². The van der Waals surface area contributed by atoms with Gasteiger partial charge in [-0.1, -0.05) is 12.1 Å². The van der Waals surface area contributed by atoms with Crippen molar-refractivity contribution in [3.8, 4) is 5.69 Å². The zero-order valence-electron chi connectivity index (χ0n) is 15.4. The van der Waals surface area contributed by atoms with Crippen molar-refractivity contribution in [2.24, 2.45) is 0 Å². The number of nitrogens with zero attached hydrogens (tertiary/aromatic N) is 2. The Morgan fingerprint density at radius 1 is 1.07 bits per heavy atom. The highest BCUT2D eigenvalue weighted by molar-refractivity contribution is 6.07. The predicted molar refractivity (Wildman–Crippen MR) is 99.4 cm³/mol. The van der Waals surface area contributed by atoms with Crippen molar-refractivity contribution in [1.82, 2.24) is 9.55 Å². The second-order valence-electron chi connectivity index (χ2n) is 6.29. The Bertz CT molecular complexity index is 1100. The van der Waals surface area contributed by atoms with E-state index in [9.17, 15) is 27.9 Å². The maximum Gasteiger partial charge on any atom is 0.418 e. The highest BCUT2D eigenvalue weighted by atomic mass is 19.4. The summed E-state index contributed by atoms with van der Waals surface area (Å²) in [5.41, 5.74) is -0.309. The minimum absolute atomic E-state index is 0.0990. The standard InChI is InChI=1S/C20H16F3N3O3/c1-11-10-14(18(27)25-17-13(19(28)29)6-5-9-24-17)12(2)26(11)16-8-4-3-7-15(16)20(21,22)23/h3-10H,1-2H3,(H,28,29)(H,24,25,27). The van der Waals surface area contributed by atoms with Crippen molar-refractivity contribution < 1.29 is 27.9 Å². The average Bonchev–Trinajstić information content (AvgIpc) is 2.95. The third kappa shape index (κ3) is 3.84. The quantitative estimate of drug-likeness (QED) is 0.674. The lowest BCUT2D eigenvalue weighted by Gasteiger charge is -2.16. The molecule has 0 saturated heterocycles. The van der Waals surface area contributed by atoms with Gasteiger partial charge in [-0.05, 0) is 44.2 Å². The molecule has 2 heterocycles. The lowest BCUT2D eigenvalue weighted by molar-refractivity contribution is -0.137. The maximum atomic E-state index is 13.4. The van der Waals surface area contributed by atoms with E-state index < -0.39 is 23.6 Å². The van der Waals surface area contributed by atoms with Gasteiger partial charge in [0.2, 0.25) is 0 Å². The van der Waals surface area contributed by atoms with Gasteiger partial charge in [-0.2, -0.15) is 13.2 Å². The summed E-state index contributed by atoms with van der Waals surface area (Å²) >= 11 is 0. The number of aromatic carboxylic acids is 1. The first kappa shape index (κ1) is 20.1. The molecule has 0 unspecified atom stereocenters. The number of hydrogen-bond donors (Lipinski definition) is 2. The number of halogens is 3. The van der Waals surface area contributed by atoms with Gasteiger partial charge >= 0.3 is 12.1 Å². The molecule has 0 radical (unpaired) electrons. The van der Waals surface area contributed by atoms with Crippen molar-refractivity contribution in [1.29, 1.82) is 0 Å². The van der Waals surface area contributed by atoms with E-state index in [0.29, 0.717) is 5.69 Å². The molecule has 1 amide bonds. The Kier molecular flexibility index (Phi) is 5.15. The molecule has 2 aromatic heterocycles. The summed E-state index contributed by atoms with van der Waals surface area (Å²) in [6.45, 7) is 3.10. The summed E-state index contributed by atoms with van der Waals surface area (Å²) in [6.07, 6.45) is -3.24. The van der Waals surface area contributed by atoms with Crippen LogP contribution in [0.25, 0.3) is 5.69 Å². The third-order valence-corrected chi connectivity index (χ3v) is 4.40. The molecule has 0 saturated carbocycles. The van der Waals surface area contributed by atoms with Gasteiger partial charge in [0.25, 0.3) is 5.91 Å². The second-order valence-corrected chi connectivity index (χ2v) is 6.29. The van der Waals surface area contributed by atoms with Crippen molar-refractivity contribution in [3.05, 3.63) is 76.7 Å². The highest BCUT2D eigenvalue weighted by Crippen LogP contribution is 2.35. The molecule has 2 N–H and O–H groups in total. The zero-order valence-corrected chi connectivity index (χ0v) is 15.4. The van der Waals surface area contributed by atoms with Gasteiger partial charge in [0.05, 0.1) is 16.8 Å². The summed E-state index contributed by atoms with van der Waals surface area (Å²) in [6, 6.07) is 9.22. The molecule has 0 atom stereocenters. The molecule has 3 rings (SSSR count). The van der Waals surface area contributed by atoms with Crippen LogP contribution in [0.3, 0.4) is 0 Å². The number of anilines is 1. The summed E-state index contributed by atoms with van der Waals surface area (Å²) < 4.78 is 41.6. The van der Waals surface area contributed by atoms with Crippen LogP contribution in [0.5, 0.6) is 0 Å². The number of pyridine rings is 1. The van der Waals surface area contributed by atoms with Gasteiger partial charge in [-0.25, -0.2) is 9.78 Å². The largest absolute Gasteiger partial charge is 0.478 e. The molecule has 150 valence electrons. The number of carboxylic acids is 1. The van der Waals surface area contributed by atoms with E-state index in [1.165, 1.54) is 54.1 Å². The number of nitrogens with one attached hydrogen (secondary N) is 1. The third-order valence-electron chi connectivity index (χ3n) is 4.40. The summed E-state index contributed by atoms with van der Waals surface area (Å²) in [7, 11) is 0. The minimum atomic E-state index is -4.56. The number of aryl methyl sites for hydroxylation is 1. The monoisotopic (exact) mass is 403 g/mol. The van der Waals surface area contributed by atoms with Crippen LogP contribution in [-0.2, 0) is 6.18 Å². The number of amides is 1. The lowest BCUT2D eigenvalue weighted by atomic mass is 10.1. The number of carbonyl (C=O) groups is 2. The Balaban J connectivity index is 2.04. The molecule has 6 nitrogen and oxygen atoms in total. The SMILES string of the molecule is Cc1cc(C(=O)Nc2ncccc2C(=O)O)c(C)n1-c1ccccc1C(F)(F)F. The first-order valence-corrected chi connectivity index (χ1v) is 8.46. The molecule has 0 bridgehead atoms. The fourth-order valence-corrected chi connectivity index (χ4v) is 3.12. The molecular formula is C20H16F3N3O3. The van der Waals surface area contributed by atoms with E-state index in [1.807, 2.05) is 0 Å². The summed E-state index contributed by atoms with van der Waals surface area (Å²) in [5.74, 6) is -2.08. The topological polar surface area (TPSA) is 84.2 Å². The van der Waals surface area contributed by atoms with Crippen LogP contribution in [0.4, 0.5) is 19.0 Å². The zero-order chi connectivity index (χ0) is 21.3. The van der Waals surface area contributed by atoms with Gasteiger partial charge in [-0.3, -0.25) is 4.79 Å². The van der Waals surface area contributed by atoms with Crippen LogP contribution in [-0.4, -0.2) is 26.5 Å². The number of alkyl halides is 3. The van der Waals surface area contributed by atoms with E-state index in [4.69, 9.17) is 0 Å². The minimum Gasteiger partial charge on any atom is -0.478 e. The molecule has 1 aromatic carbocycles. The van der Waals surface area contributed by atoms with Crippen molar-refractivity contribution in [2.75, 3.05) is 5.32 Å². The Morgan fingerprint density at radius 2 is 1.76 bits per heavy atom. The van der Waals surface area contributed by atoms with Crippen LogP contribution >= 0.6 is 0 Å². The molecule has 0 spiro atoms. The normalized spacial score (nSPS) is 11.3. The van der Waals surface area contributed by atoms with E-state index in [0.717, 1.165) is 6.07 Å². The molecule has 0 fully saturated rings. The Labute approximate surface area is 163 Å². The van der Waals surface area contributed by atoms with Gasteiger partial charge in [-0.15, -0.1) is 0 Å². The maximum absolute atomic E-state index is 13.4. The van der Waals surface area contributed by atoms with Crippen LogP contribution < -0.4 is 5.32 Å². The van der Waals surface area contributed by atoms with Crippen LogP contribution in [0.1, 0.15) is 37.7 Å². The molecular weight excluding hydrogens is 387 g/mol.